The molecule has 1 aliphatic carbocycles. The maximum atomic E-state index is 13.5. The second kappa shape index (κ2) is 12.9. The van der Waals surface area contributed by atoms with E-state index in [0.717, 1.165) is 6.07 Å². The number of carbonyl (C=O) groups excluding carboxylic acids is 1. The Labute approximate surface area is 284 Å². The van der Waals surface area contributed by atoms with Gasteiger partial charge in [0, 0.05) is 27.7 Å². The monoisotopic (exact) mass is 709 g/mol. The van der Waals surface area contributed by atoms with E-state index >= 15 is 0 Å². The van der Waals surface area contributed by atoms with E-state index in [1.807, 2.05) is 0 Å². The number of nitrogens with two attached hydrogens (primary N) is 3. The fourth-order valence-corrected chi connectivity index (χ4v) is 6.09. The lowest BCUT2D eigenvalue weighted by molar-refractivity contribution is 0.106. The van der Waals surface area contributed by atoms with Gasteiger partial charge in [0.2, 0.25) is 5.78 Å². The van der Waals surface area contributed by atoms with Crippen LogP contribution in [0.5, 0.6) is 0 Å². The average molecular weight is 710 g/mol. The number of fused-ring (bicyclic) bond motifs is 2. The van der Waals surface area contributed by atoms with E-state index in [1.165, 1.54) is 36.4 Å². The summed E-state index contributed by atoms with van der Waals surface area (Å²) in [6.07, 6.45) is 2.50. The summed E-state index contributed by atoms with van der Waals surface area (Å²) in [5.41, 5.74) is 22.0. The van der Waals surface area contributed by atoms with Crippen molar-refractivity contribution >= 4 is 94.1 Å². The number of anilines is 4. The minimum absolute atomic E-state index is 0.141. The van der Waals surface area contributed by atoms with Crippen LogP contribution in [-0.4, -0.2) is 37.4 Å². The number of azo groups is 2. The van der Waals surface area contributed by atoms with Gasteiger partial charge in [-0.25, -0.2) is 16.8 Å². The van der Waals surface area contributed by atoms with Gasteiger partial charge in [0.1, 0.15) is 31.6 Å². The first-order valence-corrected chi connectivity index (χ1v) is 17.1. The van der Waals surface area contributed by atoms with Gasteiger partial charge in [0.15, 0.2) is 0 Å². The molecule has 0 saturated carbocycles. The summed E-state index contributed by atoms with van der Waals surface area (Å²) in [5, 5.41) is 21.4. The summed E-state index contributed by atoms with van der Waals surface area (Å²) in [5.74, 6) is -0.761. The van der Waals surface area contributed by atoms with Crippen LogP contribution in [0.1, 0.15) is 15.9 Å². The number of nitrogens with zero attached hydrogens (tertiary/aromatic N) is 5. The lowest BCUT2D eigenvalue weighted by Gasteiger charge is -2.20. The standard InChI is InChI=1S/C32H25N9O7S2/c33-17-1-3-18(4-2-17)38-41-28-16-29(50(46,47)48)23-11-13-27(32(42)30(23)31(28)35)40-37-20-7-5-19(6-8-20)36-39-26-14-12-25(34)24-15-21(49(43,44)45)9-10-22(24)26/h1-16,37H,33-35H2,(H,43,44,45)(H,46,47,48)/p-2. The predicted molar refractivity (Wildman–Crippen MR) is 185 cm³/mol. The molecule has 5 aromatic rings. The van der Waals surface area contributed by atoms with Crippen molar-refractivity contribution in [2.45, 2.75) is 9.79 Å². The van der Waals surface area contributed by atoms with Gasteiger partial charge < -0.3 is 26.3 Å². The van der Waals surface area contributed by atoms with Gasteiger partial charge in [0.25, 0.3) is 0 Å². The Morgan fingerprint density at radius 2 is 1.28 bits per heavy atom. The van der Waals surface area contributed by atoms with Crippen LogP contribution in [0, 0.1) is 0 Å². The minimum Gasteiger partial charge on any atom is -0.744 e. The summed E-state index contributed by atoms with van der Waals surface area (Å²) in [4.78, 5) is 12.4. The first kappa shape index (κ1) is 33.6. The van der Waals surface area contributed by atoms with Gasteiger partial charge in [-0.3, -0.25) is 10.2 Å². The van der Waals surface area contributed by atoms with Crippen molar-refractivity contribution in [2.75, 3.05) is 22.6 Å². The molecule has 0 atom stereocenters. The molecule has 252 valence electrons. The number of nitrogen functional groups attached to an aromatic ring is 3. The summed E-state index contributed by atoms with van der Waals surface area (Å²) < 4.78 is 70.7. The van der Waals surface area contributed by atoms with Crippen LogP contribution in [0.4, 0.5) is 45.5 Å². The fraction of sp³-hybridized carbons (Fsp3) is 0. The van der Waals surface area contributed by atoms with Crippen LogP contribution in [-0.2, 0) is 20.2 Å². The van der Waals surface area contributed by atoms with Crippen LogP contribution in [0.15, 0.2) is 126 Å². The second-order valence-corrected chi connectivity index (χ2v) is 13.4. The molecule has 0 radical (unpaired) electrons. The summed E-state index contributed by atoms with van der Waals surface area (Å²) in [6.45, 7) is 0. The van der Waals surface area contributed by atoms with E-state index in [1.54, 1.807) is 54.6 Å². The number of hydrogen-bond donors (Lipinski definition) is 4. The molecule has 1 aliphatic rings. The molecule has 0 heterocycles. The van der Waals surface area contributed by atoms with E-state index < -0.39 is 35.8 Å². The SMILES string of the molecule is Nc1ccc(N=Nc2cc(S(=O)(=O)[O-])c3c(c2N)C(=O)C(=NNc2ccc(N=Nc4ccc(N)c5cc(S(=O)(=O)[O-])ccc45)cc2)C=C3)cc1. The number of Topliss-reactive ketones (excluding diaryl/α,β-unsaturated/α-hetero) is 1. The van der Waals surface area contributed by atoms with Crippen LogP contribution in [0.2, 0.25) is 0 Å². The molecule has 7 N–H and O–H groups in total. The van der Waals surface area contributed by atoms with E-state index in [9.17, 15) is 30.7 Å². The zero-order valence-corrected chi connectivity index (χ0v) is 27.0. The molecule has 5 aromatic carbocycles. The molecule has 16 nitrogen and oxygen atoms in total. The minimum atomic E-state index is -5.05. The molecule has 0 amide bonds. The largest absolute Gasteiger partial charge is 0.744 e. The Bertz CT molecular complexity index is 2550. The first-order chi connectivity index (χ1) is 23.7. The molecule has 50 heavy (non-hydrogen) atoms. The molecule has 0 unspecified atom stereocenters. The maximum Gasteiger partial charge on any atom is 0.215 e. The Morgan fingerprint density at radius 1 is 0.640 bits per heavy atom. The number of benzene rings is 5. The topological polar surface area (TPSA) is 283 Å². The van der Waals surface area contributed by atoms with E-state index in [0.29, 0.717) is 39.2 Å². The summed E-state index contributed by atoms with van der Waals surface area (Å²) in [6, 6.07) is 20.5. The van der Waals surface area contributed by atoms with Crippen molar-refractivity contribution in [1.29, 1.82) is 0 Å². The van der Waals surface area contributed by atoms with Crippen molar-refractivity contribution in [1.82, 2.24) is 0 Å². The Kier molecular flexibility index (Phi) is 8.68. The Morgan fingerprint density at radius 3 is 1.92 bits per heavy atom. The molecule has 0 spiro atoms. The smallest absolute Gasteiger partial charge is 0.215 e. The molecule has 0 saturated heterocycles. The highest BCUT2D eigenvalue weighted by Gasteiger charge is 2.28. The van der Waals surface area contributed by atoms with Gasteiger partial charge in [-0.2, -0.15) is 15.3 Å². The molecule has 0 bridgehead atoms. The molecule has 0 fully saturated rings. The summed E-state index contributed by atoms with van der Waals surface area (Å²) >= 11 is 0. The van der Waals surface area contributed by atoms with E-state index in [4.69, 9.17) is 17.2 Å². The van der Waals surface area contributed by atoms with Crippen molar-refractivity contribution in [2.24, 2.45) is 25.6 Å². The third-order valence-electron chi connectivity index (χ3n) is 7.38. The van der Waals surface area contributed by atoms with Crippen molar-refractivity contribution < 1.29 is 30.7 Å². The fourth-order valence-electron chi connectivity index (χ4n) is 4.90. The summed E-state index contributed by atoms with van der Waals surface area (Å²) in [7, 11) is -9.73. The molecule has 6 rings (SSSR count). The van der Waals surface area contributed by atoms with Crippen LogP contribution < -0.4 is 22.6 Å². The number of hydrogen-bond acceptors (Lipinski definition) is 16. The maximum absolute atomic E-state index is 13.5. The highest BCUT2D eigenvalue weighted by Crippen LogP contribution is 2.38. The predicted octanol–water partition coefficient (Wildman–Crippen LogP) is 5.90. The number of carbonyl (C=O) groups is 1. The Hall–Kier alpha value is -6.34. The van der Waals surface area contributed by atoms with E-state index in [-0.39, 0.29) is 33.9 Å². The van der Waals surface area contributed by atoms with Crippen molar-refractivity contribution in [3.05, 3.63) is 102 Å². The molecule has 18 heteroatoms. The number of hydrazone groups is 1. The molecular weight excluding hydrogens is 687 g/mol. The average Bonchev–Trinajstić information content (AvgIpc) is 3.07. The van der Waals surface area contributed by atoms with Crippen molar-refractivity contribution in [3.8, 4) is 0 Å². The van der Waals surface area contributed by atoms with E-state index in [2.05, 4.69) is 31.0 Å². The second-order valence-electron chi connectivity index (χ2n) is 10.7. The third kappa shape index (κ3) is 6.93. The molecule has 0 aromatic heterocycles. The highest BCUT2D eigenvalue weighted by atomic mass is 32.2. The van der Waals surface area contributed by atoms with Gasteiger partial charge in [-0.1, -0.05) is 12.1 Å². The normalized spacial score (nSPS) is 14.2. The van der Waals surface area contributed by atoms with Gasteiger partial charge in [-0.05, 0) is 84.9 Å². The van der Waals surface area contributed by atoms with Gasteiger partial charge in [-0.15, -0.1) is 10.2 Å². The zero-order valence-electron chi connectivity index (χ0n) is 25.4. The van der Waals surface area contributed by atoms with Crippen LogP contribution >= 0.6 is 0 Å². The van der Waals surface area contributed by atoms with Crippen LogP contribution in [0.3, 0.4) is 0 Å². The van der Waals surface area contributed by atoms with Gasteiger partial charge >= 0.3 is 0 Å². The number of allylic oxidation sites excluding steroid dienone is 1. The quantitative estimate of drug-likeness (QED) is 0.0636. The first-order valence-electron chi connectivity index (χ1n) is 14.2. The van der Waals surface area contributed by atoms with Gasteiger partial charge in [0.05, 0.1) is 43.8 Å². The third-order valence-corrected chi connectivity index (χ3v) is 9.09. The lowest BCUT2D eigenvalue weighted by Crippen LogP contribution is -2.22. The Balaban J connectivity index is 1.23. The lowest BCUT2D eigenvalue weighted by atomic mass is 9.92. The number of rotatable bonds is 8. The number of nitrogens with one attached hydrogen (secondary N) is 1. The molecular formula is C32H23N9O7S2-2. The highest BCUT2D eigenvalue weighted by molar-refractivity contribution is 7.86. The van der Waals surface area contributed by atoms with Crippen LogP contribution in [0.25, 0.3) is 16.8 Å². The van der Waals surface area contributed by atoms with Crippen molar-refractivity contribution in [3.63, 3.8) is 0 Å². The molecule has 0 aliphatic heterocycles. The zero-order chi connectivity index (χ0) is 35.8. The number of ketones is 1.